The Hall–Kier alpha value is -0.790. The minimum absolute atomic E-state index is 0.0541. The number of benzene rings is 1. The number of carbonyl (C=O) groups is 1. The summed E-state index contributed by atoms with van der Waals surface area (Å²) < 4.78 is 0. The van der Waals surface area contributed by atoms with Crippen molar-refractivity contribution in [3.05, 3.63) is 39.9 Å². The molecule has 116 valence electrons. The summed E-state index contributed by atoms with van der Waals surface area (Å²) in [6, 6.07) is 5.49. The summed E-state index contributed by atoms with van der Waals surface area (Å²) in [5.41, 5.74) is 0.883. The second kappa shape index (κ2) is 5.39. The second-order valence-corrected chi connectivity index (χ2v) is 8.38. The Morgan fingerprint density at radius 1 is 1.00 bits per heavy atom. The lowest BCUT2D eigenvalue weighted by Crippen LogP contribution is -2.49. The first-order valence-electron chi connectivity index (χ1n) is 8.22. The molecule has 0 radical (unpaired) electrons. The third-order valence-corrected chi connectivity index (χ3v) is 6.67. The van der Waals surface area contributed by atoms with Gasteiger partial charge in [0.1, 0.15) is 0 Å². The first-order valence-corrected chi connectivity index (χ1v) is 8.97. The van der Waals surface area contributed by atoms with Crippen LogP contribution in [0.25, 0.3) is 6.08 Å². The molecule has 5 rings (SSSR count). The van der Waals surface area contributed by atoms with Gasteiger partial charge in [0.2, 0.25) is 0 Å². The Morgan fingerprint density at radius 2 is 1.59 bits per heavy atom. The molecule has 0 aliphatic heterocycles. The minimum atomic E-state index is -0.0541. The Kier molecular flexibility index (Phi) is 3.62. The highest BCUT2D eigenvalue weighted by molar-refractivity contribution is 6.42. The van der Waals surface area contributed by atoms with Crippen molar-refractivity contribution >= 4 is 35.1 Å². The van der Waals surface area contributed by atoms with E-state index in [0.29, 0.717) is 15.8 Å². The van der Waals surface area contributed by atoms with Gasteiger partial charge in [-0.1, -0.05) is 35.3 Å². The Bertz CT molecular complexity index is 612. The number of hydrogen-bond acceptors (Lipinski definition) is 1. The number of rotatable bonds is 3. The quantitative estimate of drug-likeness (QED) is 0.639. The van der Waals surface area contributed by atoms with E-state index < -0.39 is 0 Å². The maximum Gasteiger partial charge on any atom is 0.161 e. The van der Waals surface area contributed by atoms with Crippen LogP contribution in [0.2, 0.25) is 10.0 Å². The van der Waals surface area contributed by atoms with Crippen molar-refractivity contribution in [3.8, 4) is 0 Å². The summed E-state index contributed by atoms with van der Waals surface area (Å²) in [5.74, 6) is 2.73. The smallest absolute Gasteiger partial charge is 0.161 e. The van der Waals surface area contributed by atoms with Crippen LogP contribution in [0.3, 0.4) is 0 Å². The molecule has 1 nitrogen and oxygen atoms in total. The van der Waals surface area contributed by atoms with E-state index in [4.69, 9.17) is 23.2 Å². The molecule has 3 heteroatoms. The molecule has 4 aliphatic rings. The lowest BCUT2D eigenvalue weighted by atomic mass is 9.48. The zero-order valence-corrected chi connectivity index (χ0v) is 14.0. The predicted octanol–water partition coefficient (Wildman–Crippen LogP) is 5.79. The number of allylic oxidation sites excluding steroid dienone is 1. The zero-order valence-electron chi connectivity index (χ0n) is 12.5. The van der Waals surface area contributed by atoms with Crippen LogP contribution >= 0.6 is 23.2 Å². The lowest BCUT2D eigenvalue weighted by Gasteiger charge is -2.55. The molecule has 0 unspecified atom stereocenters. The van der Waals surface area contributed by atoms with E-state index in [9.17, 15) is 4.79 Å². The van der Waals surface area contributed by atoms with E-state index >= 15 is 0 Å². The van der Waals surface area contributed by atoms with Crippen LogP contribution in [0.1, 0.15) is 44.1 Å². The zero-order chi connectivity index (χ0) is 15.3. The van der Waals surface area contributed by atoms with E-state index in [2.05, 4.69) is 0 Å². The van der Waals surface area contributed by atoms with Crippen molar-refractivity contribution in [3.63, 3.8) is 0 Å². The highest BCUT2D eigenvalue weighted by Crippen LogP contribution is 2.60. The molecule has 0 spiro atoms. The third-order valence-electron chi connectivity index (χ3n) is 5.93. The van der Waals surface area contributed by atoms with Crippen LogP contribution in [-0.4, -0.2) is 5.78 Å². The minimum Gasteiger partial charge on any atom is -0.294 e. The van der Waals surface area contributed by atoms with Gasteiger partial charge in [-0.05, 0) is 80.1 Å². The highest BCUT2D eigenvalue weighted by atomic mass is 35.5. The van der Waals surface area contributed by atoms with Crippen LogP contribution < -0.4 is 0 Å². The molecule has 1 aromatic rings. The maximum absolute atomic E-state index is 12.9. The second-order valence-electron chi connectivity index (χ2n) is 7.57. The molecule has 0 amide bonds. The van der Waals surface area contributed by atoms with Crippen molar-refractivity contribution in [2.45, 2.75) is 38.5 Å². The van der Waals surface area contributed by atoms with E-state index in [1.165, 1.54) is 19.3 Å². The van der Waals surface area contributed by atoms with Gasteiger partial charge in [0.05, 0.1) is 10.0 Å². The lowest BCUT2D eigenvalue weighted by molar-refractivity contribution is -0.138. The number of carbonyl (C=O) groups excluding carboxylic acids is 1. The van der Waals surface area contributed by atoms with Gasteiger partial charge < -0.3 is 0 Å². The van der Waals surface area contributed by atoms with Gasteiger partial charge in [0, 0.05) is 5.41 Å². The molecule has 4 bridgehead atoms. The van der Waals surface area contributed by atoms with E-state index in [1.54, 1.807) is 12.1 Å². The maximum atomic E-state index is 12.9. The molecule has 4 aliphatic carbocycles. The summed E-state index contributed by atoms with van der Waals surface area (Å²) >= 11 is 12.0. The summed E-state index contributed by atoms with van der Waals surface area (Å²) in [5, 5.41) is 1.08. The normalized spacial score (nSPS) is 36.2. The van der Waals surface area contributed by atoms with Gasteiger partial charge >= 0.3 is 0 Å². The number of ketones is 1. The van der Waals surface area contributed by atoms with Crippen LogP contribution in [0.4, 0.5) is 0 Å². The van der Waals surface area contributed by atoms with Gasteiger partial charge in [-0.25, -0.2) is 0 Å². The third kappa shape index (κ3) is 2.53. The molecule has 0 aromatic heterocycles. The topological polar surface area (TPSA) is 17.1 Å². The molecular formula is C19H20Cl2O. The van der Waals surface area contributed by atoms with Crippen molar-refractivity contribution in [2.75, 3.05) is 0 Å². The van der Waals surface area contributed by atoms with Crippen molar-refractivity contribution in [1.29, 1.82) is 0 Å². The molecule has 1 aromatic carbocycles. The summed E-state index contributed by atoms with van der Waals surface area (Å²) in [6.45, 7) is 0. The summed E-state index contributed by atoms with van der Waals surface area (Å²) in [6.07, 6.45) is 11.1. The van der Waals surface area contributed by atoms with Gasteiger partial charge in [0.15, 0.2) is 5.78 Å². The number of halogens is 2. The average Bonchev–Trinajstić information content (AvgIpc) is 2.46. The van der Waals surface area contributed by atoms with E-state index in [1.807, 2.05) is 18.2 Å². The molecule has 0 atom stereocenters. The molecule has 0 heterocycles. The van der Waals surface area contributed by atoms with Gasteiger partial charge in [-0.15, -0.1) is 0 Å². The molecule has 4 fully saturated rings. The first-order chi connectivity index (χ1) is 10.5. The highest BCUT2D eigenvalue weighted by Gasteiger charge is 2.53. The van der Waals surface area contributed by atoms with Crippen LogP contribution in [-0.2, 0) is 4.79 Å². The van der Waals surface area contributed by atoms with Crippen molar-refractivity contribution < 1.29 is 4.79 Å². The fraction of sp³-hybridized carbons (Fsp3) is 0.526. The van der Waals surface area contributed by atoms with E-state index in [-0.39, 0.29) is 5.41 Å². The molecule has 4 saturated carbocycles. The average molecular weight is 335 g/mol. The summed E-state index contributed by atoms with van der Waals surface area (Å²) in [7, 11) is 0. The number of hydrogen-bond donors (Lipinski definition) is 0. The fourth-order valence-electron chi connectivity index (χ4n) is 5.38. The summed E-state index contributed by atoms with van der Waals surface area (Å²) in [4.78, 5) is 12.9. The van der Waals surface area contributed by atoms with Gasteiger partial charge in [-0.2, -0.15) is 0 Å². The Morgan fingerprint density at radius 3 is 2.14 bits per heavy atom. The fourth-order valence-corrected chi connectivity index (χ4v) is 5.68. The van der Waals surface area contributed by atoms with Gasteiger partial charge in [0.25, 0.3) is 0 Å². The molecule has 0 saturated heterocycles. The van der Waals surface area contributed by atoms with Crippen LogP contribution in [0.5, 0.6) is 0 Å². The molecule has 22 heavy (non-hydrogen) atoms. The predicted molar refractivity (Wildman–Crippen MR) is 91.1 cm³/mol. The van der Waals surface area contributed by atoms with Crippen molar-refractivity contribution in [1.82, 2.24) is 0 Å². The molecular weight excluding hydrogens is 315 g/mol. The van der Waals surface area contributed by atoms with Gasteiger partial charge in [-0.3, -0.25) is 4.79 Å². The standard InChI is InChI=1S/C19H20Cl2O/c20-16-3-1-12(8-17(16)21)2-4-18(22)19-9-13-5-14(10-19)7-15(6-13)11-19/h1-4,8,13-15H,5-7,9-11H2/b4-2+. The van der Waals surface area contributed by atoms with Crippen molar-refractivity contribution in [2.24, 2.45) is 23.2 Å². The Labute approximate surface area is 141 Å². The first kappa shape index (κ1) is 14.8. The van der Waals surface area contributed by atoms with Crippen LogP contribution in [0, 0.1) is 23.2 Å². The van der Waals surface area contributed by atoms with Crippen LogP contribution in [0.15, 0.2) is 24.3 Å². The largest absolute Gasteiger partial charge is 0.294 e. The SMILES string of the molecule is O=C(/C=C/c1ccc(Cl)c(Cl)c1)C12CC3CC(CC(C3)C1)C2. The van der Waals surface area contributed by atoms with E-state index in [0.717, 1.165) is 42.6 Å². The molecule has 0 N–H and O–H groups in total. The monoisotopic (exact) mass is 334 g/mol. The Balaban J connectivity index is 1.54.